The van der Waals surface area contributed by atoms with Crippen molar-refractivity contribution in [3.05, 3.63) is 81.5 Å². The molecule has 1 aromatic carbocycles. The first-order valence-electron chi connectivity index (χ1n) is 11.3. The van der Waals surface area contributed by atoms with E-state index < -0.39 is 12.0 Å². The smallest absolute Gasteiger partial charge is 0.294 e. The molecule has 3 heterocycles. The molecular weight excluding hydrogens is 511 g/mol. The molecule has 0 amide bonds. The Morgan fingerprint density at radius 2 is 1.92 bits per heavy atom. The lowest BCUT2D eigenvalue weighted by Gasteiger charge is -2.12. The molecule has 0 radical (unpaired) electrons. The van der Waals surface area contributed by atoms with Gasteiger partial charge in [-0.25, -0.2) is 9.67 Å². The molecule has 1 aliphatic carbocycles. The highest BCUT2D eigenvalue weighted by atomic mass is 35.5. The van der Waals surface area contributed by atoms with E-state index in [0.29, 0.717) is 11.1 Å². The van der Waals surface area contributed by atoms with Crippen LogP contribution in [0.2, 0.25) is 5.02 Å². The second kappa shape index (κ2) is 9.51. The van der Waals surface area contributed by atoms with Gasteiger partial charge in [-0.15, -0.1) is 10.2 Å². The SMILES string of the molecule is Cc1cccc(C(=O)C2CC2)c1CC(=O)c1cc(Cn2nnc(C(F)(F)F)n2)nn1-c1ncccc1Cl. The molecule has 1 fully saturated rings. The molecule has 0 aliphatic heterocycles. The van der Waals surface area contributed by atoms with Crippen LogP contribution in [0.3, 0.4) is 0 Å². The fourth-order valence-corrected chi connectivity index (χ4v) is 4.16. The second-order valence-corrected chi connectivity index (χ2v) is 9.13. The second-order valence-electron chi connectivity index (χ2n) is 8.72. The van der Waals surface area contributed by atoms with Crippen LogP contribution in [0.15, 0.2) is 42.6 Å². The van der Waals surface area contributed by atoms with E-state index in [-0.39, 0.29) is 52.7 Å². The Balaban J connectivity index is 1.51. The number of aromatic nitrogens is 7. The summed E-state index contributed by atoms with van der Waals surface area (Å²) in [5.41, 5.74) is 2.23. The van der Waals surface area contributed by atoms with Crippen molar-refractivity contribution in [2.24, 2.45) is 5.92 Å². The van der Waals surface area contributed by atoms with Crippen LogP contribution in [0, 0.1) is 12.8 Å². The van der Waals surface area contributed by atoms with Gasteiger partial charge in [-0.05, 0) is 54.3 Å². The number of halogens is 4. The van der Waals surface area contributed by atoms with Crippen LogP contribution >= 0.6 is 11.6 Å². The minimum atomic E-state index is -4.75. The molecule has 0 atom stereocenters. The number of nitrogens with zero attached hydrogens (tertiary/aromatic N) is 7. The normalized spacial score (nSPS) is 13.6. The number of tetrazole rings is 1. The number of carbonyl (C=O) groups excluding carboxylic acids is 2. The number of hydrogen-bond acceptors (Lipinski definition) is 7. The summed E-state index contributed by atoms with van der Waals surface area (Å²) in [4.78, 5) is 31.4. The molecule has 5 rings (SSSR count). The number of aryl methyl sites for hydroxylation is 1. The van der Waals surface area contributed by atoms with Crippen LogP contribution in [-0.2, 0) is 19.1 Å². The fourth-order valence-electron chi connectivity index (χ4n) is 3.95. The predicted octanol–water partition coefficient (Wildman–Crippen LogP) is 4.30. The van der Waals surface area contributed by atoms with Crippen molar-refractivity contribution in [2.45, 2.75) is 38.9 Å². The van der Waals surface area contributed by atoms with E-state index in [9.17, 15) is 22.8 Å². The van der Waals surface area contributed by atoms with E-state index >= 15 is 0 Å². The molecule has 4 aromatic rings. The number of Topliss-reactive ketones (excluding diaryl/α,β-unsaturated/α-hetero) is 2. The Morgan fingerprint density at radius 1 is 1.14 bits per heavy atom. The summed E-state index contributed by atoms with van der Waals surface area (Å²) in [7, 11) is 0. The van der Waals surface area contributed by atoms with Crippen LogP contribution in [0.25, 0.3) is 5.82 Å². The summed E-state index contributed by atoms with van der Waals surface area (Å²) in [6.45, 7) is 1.55. The predicted molar refractivity (Wildman–Crippen MR) is 125 cm³/mol. The van der Waals surface area contributed by atoms with E-state index in [0.717, 1.165) is 23.2 Å². The van der Waals surface area contributed by atoms with Gasteiger partial charge >= 0.3 is 6.18 Å². The standard InChI is InChI=1S/C24H19ClF3N7O2/c1-13-4-2-5-16(21(37)14-7-8-14)17(13)11-20(36)19-10-15(12-34-32-23(30-33-34)24(26,27)28)31-35(19)22-18(25)6-3-9-29-22/h2-6,9-10,14H,7-8,11-12H2,1H3. The number of alkyl halides is 3. The van der Waals surface area contributed by atoms with E-state index in [1.807, 2.05) is 13.0 Å². The Labute approximate surface area is 213 Å². The zero-order valence-corrected chi connectivity index (χ0v) is 20.2. The minimum absolute atomic E-state index is 0.0168. The molecule has 0 N–H and O–H groups in total. The van der Waals surface area contributed by atoms with Gasteiger partial charge in [0.2, 0.25) is 0 Å². The average Bonchev–Trinajstić information content (AvgIpc) is 3.44. The van der Waals surface area contributed by atoms with Gasteiger partial charge in [0.05, 0.1) is 10.7 Å². The molecule has 1 aliphatic rings. The highest BCUT2D eigenvalue weighted by Crippen LogP contribution is 2.34. The topological polar surface area (TPSA) is 108 Å². The monoisotopic (exact) mass is 529 g/mol. The first kappa shape index (κ1) is 24.8. The number of carbonyl (C=O) groups is 2. The minimum Gasteiger partial charge on any atom is -0.294 e. The van der Waals surface area contributed by atoms with Crippen molar-refractivity contribution >= 4 is 23.2 Å². The Bertz CT molecular complexity index is 1510. The summed E-state index contributed by atoms with van der Waals surface area (Å²) in [6, 6.07) is 9.95. The molecule has 3 aromatic heterocycles. The molecule has 13 heteroatoms. The molecule has 0 unspecified atom stereocenters. The van der Waals surface area contributed by atoms with Gasteiger partial charge in [0.15, 0.2) is 17.4 Å². The number of hydrogen-bond donors (Lipinski definition) is 0. The third-order valence-corrected chi connectivity index (χ3v) is 6.25. The molecule has 0 spiro atoms. The fraction of sp³-hybridized carbons (Fsp3) is 0.292. The van der Waals surface area contributed by atoms with Crippen LogP contribution in [0.4, 0.5) is 13.2 Å². The third-order valence-electron chi connectivity index (χ3n) is 5.96. The van der Waals surface area contributed by atoms with Gasteiger partial charge in [-0.3, -0.25) is 9.59 Å². The summed E-state index contributed by atoms with van der Waals surface area (Å²) in [5.74, 6) is -1.59. The number of pyridine rings is 1. The quantitative estimate of drug-likeness (QED) is 0.313. The zero-order valence-electron chi connectivity index (χ0n) is 19.4. The lowest BCUT2D eigenvalue weighted by atomic mass is 9.92. The summed E-state index contributed by atoms with van der Waals surface area (Å²) < 4.78 is 39.9. The van der Waals surface area contributed by atoms with E-state index in [1.165, 1.54) is 16.9 Å². The molecule has 0 saturated heterocycles. The van der Waals surface area contributed by atoms with Crippen LogP contribution in [0.5, 0.6) is 0 Å². The maximum Gasteiger partial charge on any atom is 0.455 e. The van der Waals surface area contributed by atoms with Gasteiger partial charge in [0.1, 0.15) is 12.2 Å². The zero-order chi connectivity index (χ0) is 26.3. The van der Waals surface area contributed by atoms with Crippen molar-refractivity contribution in [1.82, 2.24) is 35.0 Å². The van der Waals surface area contributed by atoms with Crippen molar-refractivity contribution in [1.29, 1.82) is 0 Å². The lowest BCUT2D eigenvalue weighted by molar-refractivity contribution is -0.145. The molecule has 37 heavy (non-hydrogen) atoms. The first-order valence-corrected chi connectivity index (χ1v) is 11.7. The summed E-state index contributed by atoms with van der Waals surface area (Å²) in [5, 5.41) is 14.4. The van der Waals surface area contributed by atoms with Gasteiger partial charge in [-0.1, -0.05) is 29.8 Å². The maximum atomic E-state index is 13.6. The van der Waals surface area contributed by atoms with E-state index in [2.05, 4.69) is 25.5 Å². The highest BCUT2D eigenvalue weighted by molar-refractivity contribution is 6.32. The van der Waals surface area contributed by atoms with Gasteiger partial charge in [-0.2, -0.15) is 23.1 Å². The van der Waals surface area contributed by atoms with Crippen LogP contribution in [0.1, 0.15) is 56.3 Å². The molecular formula is C24H19ClF3N7O2. The van der Waals surface area contributed by atoms with Crippen molar-refractivity contribution < 1.29 is 22.8 Å². The van der Waals surface area contributed by atoms with Crippen molar-refractivity contribution in [3.8, 4) is 5.82 Å². The van der Waals surface area contributed by atoms with Crippen molar-refractivity contribution in [2.75, 3.05) is 0 Å². The first-order chi connectivity index (χ1) is 17.6. The molecule has 0 bridgehead atoms. The summed E-state index contributed by atoms with van der Waals surface area (Å²) in [6.07, 6.45) is -1.69. The van der Waals surface area contributed by atoms with E-state index in [1.54, 1.807) is 24.3 Å². The average molecular weight is 530 g/mol. The van der Waals surface area contributed by atoms with Crippen molar-refractivity contribution in [3.63, 3.8) is 0 Å². The summed E-state index contributed by atoms with van der Waals surface area (Å²) >= 11 is 6.31. The highest BCUT2D eigenvalue weighted by Gasteiger charge is 2.37. The number of benzene rings is 1. The van der Waals surface area contributed by atoms with Crippen LogP contribution < -0.4 is 0 Å². The van der Waals surface area contributed by atoms with Gasteiger partial charge < -0.3 is 0 Å². The van der Waals surface area contributed by atoms with Gasteiger partial charge in [0, 0.05) is 24.1 Å². The third kappa shape index (κ3) is 5.15. The molecule has 1 saturated carbocycles. The Hall–Kier alpha value is -3.93. The number of ketones is 2. The van der Waals surface area contributed by atoms with E-state index in [4.69, 9.17) is 11.6 Å². The number of rotatable bonds is 8. The lowest BCUT2D eigenvalue weighted by Crippen LogP contribution is -2.16. The largest absolute Gasteiger partial charge is 0.455 e. The van der Waals surface area contributed by atoms with Crippen LogP contribution in [-0.4, -0.2) is 46.5 Å². The molecule has 9 nitrogen and oxygen atoms in total. The Morgan fingerprint density at radius 3 is 2.59 bits per heavy atom. The Kier molecular flexibility index (Phi) is 6.36. The van der Waals surface area contributed by atoms with Gasteiger partial charge in [0.25, 0.3) is 5.82 Å². The molecule has 190 valence electrons. The maximum absolute atomic E-state index is 13.6.